The number of thioether (sulfide) groups is 1. The van der Waals surface area contributed by atoms with E-state index < -0.39 is 0 Å². The summed E-state index contributed by atoms with van der Waals surface area (Å²) in [7, 11) is 1.57. The van der Waals surface area contributed by atoms with E-state index in [-0.39, 0.29) is 6.03 Å². The lowest BCUT2D eigenvalue weighted by Gasteiger charge is -2.08. The second kappa shape index (κ2) is 21.6. The van der Waals surface area contributed by atoms with Crippen molar-refractivity contribution in [3.05, 3.63) is 29.8 Å². The average Bonchev–Trinajstić information content (AvgIpc) is 3.40. The highest BCUT2D eigenvalue weighted by Crippen LogP contribution is 2.25. The lowest BCUT2D eigenvalue weighted by atomic mass is 10.1. The topological polar surface area (TPSA) is 110 Å². The van der Waals surface area contributed by atoms with E-state index in [1.807, 2.05) is 24.3 Å². The Morgan fingerprint density at radius 2 is 1.79 bits per heavy atom. The first-order valence-electron chi connectivity index (χ1n) is 13.7. The third-order valence-electron chi connectivity index (χ3n) is 5.67. The highest BCUT2D eigenvalue weighted by Gasteiger charge is 2.07. The first kappa shape index (κ1) is 31.8. The van der Waals surface area contributed by atoms with Crippen LogP contribution >= 0.6 is 23.3 Å². The standard InChI is InChI=1S/C27H44N6O3S2/c1-3-4-5-6-7-8-9-10-11-12-18-36-19-14-17-28-25(34)31-32-26-30-27(33-38-26)37-21-23-15-13-16-24(20-23)29-22-35-2/h13,15-16,20,22H,3-12,14,17-19,21H2,1-2H3,(H2,28,31,34)(H,30,32,33). The van der Waals surface area contributed by atoms with E-state index in [1.54, 1.807) is 7.11 Å². The molecule has 0 saturated carbocycles. The molecule has 3 N–H and O–H groups in total. The lowest BCUT2D eigenvalue weighted by molar-refractivity contribution is 0.127. The monoisotopic (exact) mass is 564 g/mol. The fourth-order valence-corrected chi connectivity index (χ4v) is 5.07. The summed E-state index contributed by atoms with van der Waals surface area (Å²) >= 11 is 2.71. The van der Waals surface area contributed by atoms with Crippen molar-refractivity contribution in [3.8, 4) is 0 Å². The van der Waals surface area contributed by atoms with Gasteiger partial charge in [-0.3, -0.25) is 5.43 Å². The summed E-state index contributed by atoms with van der Waals surface area (Å²) in [6.07, 6.45) is 15.4. The molecule has 0 saturated heterocycles. The molecule has 0 aliphatic rings. The number of benzene rings is 1. The third-order valence-corrected chi connectivity index (χ3v) is 7.33. The molecule has 0 spiro atoms. The maximum absolute atomic E-state index is 12.0. The number of carbonyl (C=O) groups is 1. The summed E-state index contributed by atoms with van der Waals surface area (Å²) < 4.78 is 14.9. The molecule has 1 aromatic heterocycles. The fourth-order valence-electron chi connectivity index (χ4n) is 3.63. The summed E-state index contributed by atoms with van der Waals surface area (Å²) in [5.74, 6) is 0.710. The Hall–Kier alpha value is -2.37. The Morgan fingerprint density at radius 1 is 1.05 bits per heavy atom. The smallest absolute Gasteiger partial charge is 0.333 e. The van der Waals surface area contributed by atoms with Crippen LogP contribution in [0.3, 0.4) is 0 Å². The van der Waals surface area contributed by atoms with Gasteiger partial charge in [-0.25, -0.2) is 15.2 Å². The second-order valence-electron chi connectivity index (χ2n) is 8.96. The van der Waals surface area contributed by atoms with Gasteiger partial charge in [-0.1, -0.05) is 88.6 Å². The van der Waals surface area contributed by atoms with Crippen LogP contribution in [-0.4, -0.2) is 48.7 Å². The van der Waals surface area contributed by atoms with Crippen LogP contribution in [-0.2, 0) is 15.2 Å². The number of methoxy groups -OCH3 is 1. The Balaban J connectivity index is 1.44. The Labute approximate surface area is 236 Å². The van der Waals surface area contributed by atoms with Crippen LogP contribution in [0.5, 0.6) is 0 Å². The van der Waals surface area contributed by atoms with Gasteiger partial charge in [-0.05, 0) is 30.5 Å². The van der Waals surface area contributed by atoms with Gasteiger partial charge in [0.05, 0.1) is 12.8 Å². The molecule has 0 bridgehead atoms. The molecule has 1 heterocycles. The minimum Gasteiger partial charge on any atom is -0.486 e. The van der Waals surface area contributed by atoms with Crippen molar-refractivity contribution in [1.29, 1.82) is 0 Å². The first-order chi connectivity index (χ1) is 18.7. The number of hydrogen-bond acceptors (Lipinski definition) is 9. The van der Waals surface area contributed by atoms with Gasteiger partial charge in [-0.15, -0.1) is 0 Å². The van der Waals surface area contributed by atoms with Crippen molar-refractivity contribution in [2.24, 2.45) is 4.99 Å². The summed E-state index contributed by atoms with van der Waals surface area (Å²) in [4.78, 5) is 20.6. The zero-order chi connectivity index (χ0) is 27.1. The largest absolute Gasteiger partial charge is 0.486 e. The van der Waals surface area contributed by atoms with Gasteiger partial charge in [0.2, 0.25) is 10.3 Å². The maximum atomic E-state index is 12.0. The predicted octanol–water partition coefficient (Wildman–Crippen LogP) is 7.09. The molecular formula is C27H44N6O3S2. The fraction of sp³-hybridized carbons (Fsp3) is 0.630. The van der Waals surface area contributed by atoms with Crippen molar-refractivity contribution in [3.63, 3.8) is 0 Å². The number of nitrogens with one attached hydrogen (secondary N) is 3. The van der Waals surface area contributed by atoms with Crippen molar-refractivity contribution in [2.45, 2.75) is 88.5 Å². The first-order valence-corrected chi connectivity index (χ1v) is 15.5. The van der Waals surface area contributed by atoms with Gasteiger partial charge < -0.3 is 14.8 Å². The number of nitrogens with zero attached hydrogens (tertiary/aromatic N) is 3. The van der Waals surface area contributed by atoms with Crippen molar-refractivity contribution < 1.29 is 14.3 Å². The number of hydrogen-bond donors (Lipinski definition) is 3. The molecule has 0 aliphatic carbocycles. The summed E-state index contributed by atoms with van der Waals surface area (Å²) in [5, 5.41) is 3.98. The molecule has 0 radical (unpaired) electrons. The Bertz CT molecular complexity index is 912. The number of unbranched alkanes of at least 4 members (excludes halogenated alkanes) is 9. The number of carbonyl (C=O) groups excluding carboxylic acids is 1. The van der Waals surface area contributed by atoms with Crippen LogP contribution in [0.15, 0.2) is 34.4 Å². The van der Waals surface area contributed by atoms with Gasteiger partial charge in [0.25, 0.3) is 0 Å². The number of urea groups is 1. The Kier molecular flexibility index (Phi) is 18.1. The third kappa shape index (κ3) is 15.8. The molecule has 2 rings (SSSR count). The quantitative estimate of drug-likeness (QED) is 0.0460. The van der Waals surface area contributed by atoms with E-state index in [2.05, 4.69) is 37.4 Å². The molecule has 9 nitrogen and oxygen atoms in total. The van der Waals surface area contributed by atoms with E-state index >= 15 is 0 Å². The maximum Gasteiger partial charge on any atom is 0.333 e. The number of aliphatic imine (C=N–C) groups is 1. The van der Waals surface area contributed by atoms with E-state index in [9.17, 15) is 4.79 Å². The second-order valence-corrected chi connectivity index (χ2v) is 10.7. The molecular weight excluding hydrogens is 520 g/mol. The van der Waals surface area contributed by atoms with Gasteiger partial charge in [0.15, 0.2) is 6.40 Å². The molecule has 38 heavy (non-hydrogen) atoms. The molecule has 2 aromatic rings. The van der Waals surface area contributed by atoms with Crippen molar-refractivity contribution in [1.82, 2.24) is 20.1 Å². The van der Waals surface area contributed by atoms with Crippen LogP contribution in [0.1, 0.15) is 83.1 Å². The van der Waals surface area contributed by atoms with Crippen LogP contribution in [0.2, 0.25) is 0 Å². The summed E-state index contributed by atoms with van der Waals surface area (Å²) in [6.45, 7) is 4.27. The minimum absolute atomic E-state index is 0.308. The van der Waals surface area contributed by atoms with Crippen molar-refractivity contribution in [2.75, 3.05) is 32.3 Å². The normalized spacial score (nSPS) is 11.1. The van der Waals surface area contributed by atoms with Crippen molar-refractivity contribution >= 4 is 46.5 Å². The molecule has 2 amide bonds. The van der Waals surface area contributed by atoms with Crippen LogP contribution in [0.4, 0.5) is 15.6 Å². The number of ether oxygens (including phenoxy) is 2. The zero-order valence-corrected chi connectivity index (χ0v) is 24.5. The zero-order valence-electron chi connectivity index (χ0n) is 22.9. The van der Waals surface area contributed by atoms with Gasteiger partial charge in [-0.2, -0.15) is 9.36 Å². The highest BCUT2D eigenvalue weighted by molar-refractivity contribution is 7.98. The number of amides is 2. The highest BCUT2D eigenvalue weighted by atomic mass is 32.2. The Morgan fingerprint density at radius 3 is 2.55 bits per heavy atom. The number of aromatic nitrogens is 2. The average molecular weight is 565 g/mol. The number of hydrazine groups is 1. The molecule has 0 fully saturated rings. The lowest BCUT2D eigenvalue weighted by Crippen LogP contribution is -2.39. The summed E-state index contributed by atoms with van der Waals surface area (Å²) in [6, 6.07) is 7.57. The molecule has 0 unspecified atom stereocenters. The molecule has 0 atom stereocenters. The van der Waals surface area contributed by atoms with Gasteiger partial charge in [0.1, 0.15) is 0 Å². The predicted molar refractivity (Wildman–Crippen MR) is 159 cm³/mol. The van der Waals surface area contributed by atoms with Gasteiger partial charge in [0, 0.05) is 37.0 Å². The summed E-state index contributed by atoms with van der Waals surface area (Å²) in [5.41, 5.74) is 7.33. The number of anilines is 1. The van der Waals surface area contributed by atoms with Gasteiger partial charge >= 0.3 is 6.03 Å². The van der Waals surface area contributed by atoms with E-state index in [0.29, 0.717) is 29.2 Å². The molecule has 212 valence electrons. The van der Waals surface area contributed by atoms with E-state index in [4.69, 9.17) is 9.47 Å². The number of rotatable bonds is 22. The molecule has 0 aliphatic heterocycles. The van der Waals surface area contributed by atoms with Crippen LogP contribution < -0.4 is 16.2 Å². The minimum atomic E-state index is -0.308. The van der Waals surface area contributed by atoms with E-state index in [0.717, 1.165) is 30.7 Å². The molecule has 11 heteroatoms. The van der Waals surface area contributed by atoms with Crippen LogP contribution in [0, 0.1) is 0 Å². The SMILES string of the molecule is CCCCCCCCCCCCOCCCNC(=O)NNc1nc(SCc2cccc(N=COC)c2)ns1. The van der Waals surface area contributed by atoms with E-state index in [1.165, 1.54) is 87.5 Å². The van der Waals surface area contributed by atoms with Crippen LogP contribution in [0.25, 0.3) is 0 Å². The molecule has 1 aromatic carbocycles.